The molecule has 10 heteroatoms. The largest absolute Gasteiger partial charge is 0.345 e. The molecule has 4 rings (SSSR count). The van der Waals surface area contributed by atoms with E-state index in [-0.39, 0.29) is 28.6 Å². The summed E-state index contributed by atoms with van der Waals surface area (Å²) in [7, 11) is -3.91. The first-order chi connectivity index (χ1) is 15.4. The summed E-state index contributed by atoms with van der Waals surface area (Å²) in [5.74, 6) is 1.23. The average Bonchev–Trinajstić information content (AvgIpc) is 3.02. The van der Waals surface area contributed by atoms with Gasteiger partial charge in [0.1, 0.15) is 10.7 Å². The summed E-state index contributed by atoms with van der Waals surface area (Å²) >= 11 is 6.15. The summed E-state index contributed by atoms with van der Waals surface area (Å²) in [4.78, 5) is 12.6. The maximum absolute atomic E-state index is 12.8. The number of nitrogens with zero attached hydrogens (tertiary/aromatic N) is 3. The van der Waals surface area contributed by atoms with Crippen LogP contribution in [0.1, 0.15) is 46.8 Å². The number of benzene rings is 2. The summed E-state index contributed by atoms with van der Waals surface area (Å²) in [6.45, 7) is 1.17. The molecule has 1 aromatic heterocycles. The van der Waals surface area contributed by atoms with Gasteiger partial charge in [0.2, 0.25) is 10.0 Å². The highest BCUT2D eigenvalue weighted by molar-refractivity contribution is 7.89. The highest BCUT2D eigenvalue weighted by Crippen LogP contribution is 2.23. The minimum Gasteiger partial charge on any atom is -0.345 e. The summed E-state index contributed by atoms with van der Waals surface area (Å²) in [5.41, 5.74) is 1.01. The van der Waals surface area contributed by atoms with Crippen molar-refractivity contribution < 1.29 is 13.2 Å². The van der Waals surface area contributed by atoms with Crippen molar-refractivity contribution in [3.05, 3.63) is 76.3 Å². The quantitative estimate of drug-likeness (QED) is 0.548. The van der Waals surface area contributed by atoms with E-state index in [4.69, 9.17) is 11.6 Å². The third-order valence-corrected chi connectivity index (χ3v) is 7.27. The monoisotopic (exact) mass is 473 g/mol. The number of amides is 1. The van der Waals surface area contributed by atoms with E-state index < -0.39 is 15.9 Å². The topological polar surface area (TPSA) is 106 Å². The van der Waals surface area contributed by atoms with Crippen LogP contribution in [-0.2, 0) is 36.1 Å². The van der Waals surface area contributed by atoms with Crippen LogP contribution in [0.15, 0.2) is 53.4 Å². The molecule has 2 N–H and O–H groups in total. The lowest BCUT2D eigenvalue weighted by Crippen LogP contribution is -2.26. The van der Waals surface area contributed by atoms with Crippen LogP contribution in [-0.4, -0.2) is 29.1 Å². The first-order valence-electron chi connectivity index (χ1n) is 10.5. The van der Waals surface area contributed by atoms with Crippen molar-refractivity contribution in [2.75, 3.05) is 0 Å². The van der Waals surface area contributed by atoms with Gasteiger partial charge in [0.05, 0.1) is 11.6 Å². The van der Waals surface area contributed by atoms with Crippen LogP contribution < -0.4 is 10.0 Å². The van der Waals surface area contributed by atoms with E-state index in [1.165, 1.54) is 18.2 Å². The molecule has 2 heterocycles. The van der Waals surface area contributed by atoms with Gasteiger partial charge in [0.15, 0.2) is 5.82 Å². The second kappa shape index (κ2) is 9.81. The molecular weight excluding hydrogens is 450 g/mol. The van der Waals surface area contributed by atoms with E-state index in [0.29, 0.717) is 5.82 Å². The lowest BCUT2D eigenvalue weighted by molar-refractivity contribution is 0.0949. The van der Waals surface area contributed by atoms with Crippen LogP contribution in [0.5, 0.6) is 0 Å². The summed E-state index contributed by atoms with van der Waals surface area (Å²) in [6, 6.07) is 13.3. The molecule has 2 aromatic carbocycles. The van der Waals surface area contributed by atoms with Crippen LogP contribution in [0.25, 0.3) is 0 Å². The van der Waals surface area contributed by atoms with Gasteiger partial charge in [-0.2, -0.15) is 0 Å². The number of aromatic nitrogens is 3. The van der Waals surface area contributed by atoms with Gasteiger partial charge in [0, 0.05) is 25.1 Å². The third kappa shape index (κ3) is 5.17. The fourth-order valence-electron chi connectivity index (χ4n) is 3.64. The number of aryl methyl sites for hydroxylation is 1. The summed E-state index contributed by atoms with van der Waals surface area (Å²) < 4.78 is 30.2. The van der Waals surface area contributed by atoms with Crippen molar-refractivity contribution in [2.45, 2.75) is 50.2 Å². The van der Waals surface area contributed by atoms with Crippen LogP contribution >= 0.6 is 11.6 Å². The highest BCUT2D eigenvalue weighted by atomic mass is 35.5. The van der Waals surface area contributed by atoms with Crippen molar-refractivity contribution in [3.8, 4) is 0 Å². The molecule has 0 aliphatic carbocycles. The van der Waals surface area contributed by atoms with Crippen molar-refractivity contribution in [1.29, 1.82) is 0 Å². The molecule has 168 valence electrons. The van der Waals surface area contributed by atoms with E-state index in [1.54, 1.807) is 0 Å². The van der Waals surface area contributed by atoms with Crippen molar-refractivity contribution in [2.24, 2.45) is 0 Å². The van der Waals surface area contributed by atoms with Gasteiger partial charge in [-0.15, -0.1) is 10.2 Å². The van der Waals surface area contributed by atoms with Crippen LogP contribution in [0.3, 0.4) is 0 Å². The van der Waals surface area contributed by atoms with Gasteiger partial charge in [-0.3, -0.25) is 4.79 Å². The number of hydrogen-bond acceptors (Lipinski definition) is 5. The molecule has 0 unspecified atom stereocenters. The van der Waals surface area contributed by atoms with E-state index >= 15 is 0 Å². The normalized spacial score (nSPS) is 13.9. The van der Waals surface area contributed by atoms with Crippen LogP contribution in [0, 0.1) is 0 Å². The molecule has 1 amide bonds. The standard InChI is InChI=1S/C22H24ClN5O3S/c23-18-11-10-17(13-19(18)32(30,31)25-14-16-7-3-1-4-8-16)22(29)24-15-21-27-26-20-9-5-2-6-12-28(20)21/h1,3-4,7-8,10-11,13,25H,2,5-6,9,12,14-15H2,(H,24,29). The van der Waals surface area contributed by atoms with Crippen molar-refractivity contribution >= 4 is 27.5 Å². The highest BCUT2D eigenvalue weighted by Gasteiger charge is 2.21. The molecule has 0 spiro atoms. The number of carbonyl (C=O) groups excluding carboxylic acids is 1. The molecule has 0 saturated heterocycles. The number of halogens is 1. The average molecular weight is 474 g/mol. The number of hydrogen-bond donors (Lipinski definition) is 2. The SMILES string of the molecule is O=C(NCc1nnc2n1CCCCC2)c1ccc(Cl)c(S(=O)(=O)NCc2ccccc2)c1. The Morgan fingerprint density at radius 1 is 1.03 bits per heavy atom. The second-order valence-corrected chi connectivity index (χ2v) is 9.78. The molecule has 0 fully saturated rings. The van der Waals surface area contributed by atoms with Crippen molar-refractivity contribution in [3.63, 3.8) is 0 Å². The molecule has 0 atom stereocenters. The molecule has 32 heavy (non-hydrogen) atoms. The zero-order valence-electron chi connectivity index (χ0n) is 17.4. The zero-order chi connectivity index (χ0) is 22.6. The Labute approximate surface area is 192 Å². The van der Waals surface area contributed by atoms with Gasteiger partial charge in [0.25, 0.3) is 5.91 Å². The Morgan fingerprint density at radius 3 is 2.66 bits per heavy atom. The lowest BCUT2D eigenvalue weighted by atomic mass is 10.2. The van der Waals surface area contributed by atoms with E-state index in [0.717, 1.165) is 43.6 Å². The lowest BCUT2D eigenvalue weighted by Gasteiger charge is -2.11. The van der Waals surface area contributed by atoms with Gasteiger partial charge in [-0.05, 0) is 36.6 Å². The molecule has 1 aliphatic heterocycles. The molecule has 8 nitrogen and oxygen atoms in total. The maximum atomic E-state index is 12.8. The van der Waals surface area contributed by atoms with Crippen LogP contribution in [0.2, 0.25) is 5.02 Å². The fourth-order valence-corrected chi connectivity index (χ4v) is 5.18. The maximum Gasteiger partial charge on any atom is 0.251 e. The first-order valence-corrected chi connectivity index (χ1v) is 12.3. The molecule has 1 aliphatic rings. The van der Waals surface area contributed by atoms with E-state index in [1.807, 2.05) is 30.3 Å². The summed E-state index contributed by atoms with van der Waals surface area (Å²) in [6.07, 6.45) is 4.18. The predicted octanol–water partition coefficient (Wildman–Crippen LogP) is 3.07. The molecule has 0 saturated carbocycles. The summed E-state index contributed by atoms with van der Waals surface area (Å²) in [5, 5.41) is 11.3. The minimum atomic E-state index is -3.91. The Morgan fingerprint density at radius 2 is 1.84 bits per heavy atom. The van der Waals surface area contributed by atoms with E-state index in [9.17, 15) is 13.2 Å². The Hall–Kier alpha value is -2.75. The van der Waals surface area contributed by atoms with E-state index in [2.05, 4.69) is 24.8 Å². The minimum absolute atomic E-state index is 0.0462. The van der Waals surface area contributed by atoms with Gasteiger partial charge in [-0.1, -0.05) is 48.4 Å². The smallest absolute Gasteiger partial charge is 0.251 e. The first kappa shape index (κ1) is 22.4. The zero-order valence-corrected chi connectivity index (χ0v) is 19.0. The van der Waals surface area contributed by atoms with Gasteiger partial charge < -0.3 is 9.88 Å². The third-order valence-electron chi connectivity index (χ3n) is 5.39. The molecular formula is C22H24ClN5O3S. The van der Waals surface area contributed by atoms with Gasteiger partial charge in [-0.25, -0.2) is 13.1 Å². The Balaban J connectivity index is 1.46. The number of nitrogens with one attached hydrogen (secondary N) is 2. The molecule has 3 aromatic rings. The van der Waals surface area contributed by atoms with Crippen LogP contribution in [0.4, 0.5) is 0 Å². The van der Waals surface area contributed by atoms with Crippen molar-refractivity contribution in [1.82, 2.24) is 24.8 Å². The number of fused-ring (bicyclic) bond motifs is 1. The molecule has 0 radical (unpaired) electrons. The number of sulfonamides is 1. The number of rotatable bonds is 7. The molecule has 0 bridgehead atoms. The Bertz CT molecular complexity index is 1210. The number of carbonyl (C=O) groups is 1. The Kier molecular flexibility index (Phi) is 6.88. The fraction of sp³-hybridized carbons (Fsp3) is 0.318. The second-order valence-electron chi connectivity index (χ2n) is 7.63. The van der Waals surface area contributed by atoms with Gasteiger partial charge >= 0.3 is 0 Å². The predicted molar refractivity (Wildman–Crippen MR) is 121 cm³/mol.